The normalized spacial score (nSPS) is 10.5. The minimum absolute atomic E-state index is 0.211. The van der Waals surface area contributed by atoms with Crippen LogP contribution in [0.2, 0.25) is 0 Å². The maximum absolute atomic E-state index is 12.1. The topological polar surface area (TPSA) is 109 Å². The highest BCUT2D eigenvalue weighted by atomic mass is 16.5. The lowest BCUT2D eigenvalue weighted by Gasteiger charge is -2.08. The van der Waals surface area contributed by atoms with E-state index in [4.69, 9.17) is 4.74 Å². The highest BCUT2D eigenvalue weighted by molar-refractivity contribution is 5.89. The number of carbonyl (C=O) groups is 2. The van der Waals surface area contributed by atoms with Crippen LogP contribution in [0.5, 0.6) is 0 Å². The fourth-order valence-electron chi connectivity index (χ4n) is 2.97. The molecule has 8 nitrogen and oxygen atoms in total. The summed E-state index contributed by atoms with van der Waals surface area (Å²) < 4.78 is 4.93. The molecular weight excluding hydrogens is 394 g/mol. The van der Waals surface area contributed by atoms with Crippen molar-refractivity contribution in [2.75, 3.05) is 18.5 Å². The van der Waals surface area contributed by atoms with Crippen molar-refractivity contribution in [1.29, 1.82) is 0 Å². The molecule has 0 aliphatic heterocycles. The second-order valence-corrected chi connectivity index (χ2v) is 7.17. The number of ether oxygens (including phenoxy) is 1. The lowest BCUT2D eigenvalue weighted by atomic mass is 10.1. The van der Waals surface area contributed by atoms with Crippen molar-refractivity contribution in [2.45, 2.75) is 33.1 Å². The first-order valence-corrected chi connectivity index (χ1v) is 10.3. The van der Waals surface area contributed by atoms with Gasteiger partial charge in [-0.15, -0.1) is 0 Å². The number of benzene rings is 2. The summed E-state index contributed by atoms with van der Waals surface area (Å²) in [4.78, 5) is 28.1. The van der Waals surface area contributed by atoms with E-state index in [1.54, 1.807) is 31.2 Å². The van der Waals surface area contributed by atoms with Gasteiger partial charge in [-0.1, -0.05) is 42.0 Å². The smallest absolute Gasteiger partial charge is 0.319 e. The molecule has 2 aromatic carbocycles. The molecule has 8 heteroatoms. The largest absolute Gasteiger partial charge is 0.466 e. The van der Waals surface area contributed by atoms with Crippen LogP contribution in [0.4, 0.5) is 10.5 Å². The Morgan fingerprint density at radius 2 is 1.74 bits per heavy atom. The van der Waals surface area contributed by atoms with Crippen LogP contribution in [0.3, 0.4) is 0 Å². The number of aromatic amines is 1. The van der Waals surface area contributed by atoms with Crippen molar-refractivity contribution in [3.63, 3.8) is 0 Å². The standard InChI is InChI=1S/C23H27N5O3/c1-3-31-22(29)15-18-8-10-19(11-9-18)25-23(30)24-13-12-20-26-21(28-27-20)14-17-6-4-16(2)5-7-17/h4-11H,3,12-15H2,1-2H3,(H2,24,25,30)(H,26,27,28). The van der Waals surface area contributed by atoms with Crippen LogP contribution in [-0.2, 0) is 28.8 Å². The quantitative estimate of drug-likeness (QED) is 0.460. The number of anilines is 1. The van der Waals surface area contributed by atoms with Gasteiger partial charge in [-0.3, -0.25) is 9.89 Å². The molecule has 3 aromatic rings. The molecule has 1 heterocycles. The summed E-state index contributed by atoms with van der Waals surface area (Å²) in [6.07, 6.45) is 1.42. The highest BCUT2D eigenvalue weighted by Crippen LogP contribution is 2.11. The molecule has 0 saturated heterocycles. The number of hydrogen-bond donors (Lipinski definition) is 3. The third-order valence-electron chi connectivity index (χ3n) is 4.57. The summed E-state index contributed by atoms with van der Waals surface area (Å²) in [5, 5.41) is 12.7. The van der Waals surface area contributed by atoms with Gasteiger partial charge in [0.2, 0.25) is 0 Å². The number of nitrogens with zero attached hydrogens (tertiary/aromatic N) is 2. The number of aromatic nitrogens is 3. The van der Waals surface area contributed by atoms with E-state index in [1.807, 2.05) is 0 Å². The van der Waals surface area contributed by atoms with E-state index in [-0.39, 0.29) is 18.4 Å². The number of amides is 2. The van der Waals surface area contributed by atoms with E-state index < -0.39 is 0 Å². The van der Waals surface area contributed by atoms with E-state index in [2.05, 4.69) is 57.0 Å². The molecule has 0 saturated carbocycles. The van der Waals surface area contributed by atoms with Crippen molar-refractivity contribution < 1.29 is 14.3 Å². The van der Waals surface area contributed by atoms with E-state index >= 15 is 0 Å². The first kappa shape index (κ1) is 22.0. The molecule has 31 heavy (non-hydrogen) atoms. The van der Waals surface area contributed by atoms with Crippen LogP contribution in [0.25, 0.3) is 0 Å². The SMILES string of the molecule is CCOC(=O)Cc1ccc(NC(=O)NCCc2n[nH]c(Cc3ccc(C)cc3)n2)cc1. The summed E-state index contributed by atoms with van der Waals surface area (Å²) >= 11 is 0. The van der Waals surface area contributed by atoms with Crippen LogP contribution < -0.4 is 10.6 Å². The number of carbonyl (C=O) groups excluding carboxylic acids is 2. The number of urea groups is 1. The van der Waals surface area contributed by atoms with Gasteiger partial charge in [-0.25, -0.2) is 9.78 Å². The van der Waals surface area contributed by atoms with Gasteiger partial charge in [0.05, 0.1) is 13.0 Å². The molecule has 0 fully saturated rings. The van der Waals surface area contributed by atoms with Gasteiger partial charge < -0.3 is 15.4 Å². The minimum Gasteiger partial charge on any atom is -0.466 e. The van der Waals surface area contributed by atoms with Crippen LogP contribution in [0.15, 0.2) is 48.5 Å². The molecule has 0 spiro atoms. The summed E-state index contributed by atoms with van der Waals surface area (Å²) in [5.74, 6) is 1.19. The third-order valence-corrected chi connectivity index (χ3v) is 4.57. The van der Waals surface area contributed by atoms with Crippen LogP contribution in [-0.4, -0.2) is 40.3 Å². The zero-order chi connectivity index (χ0) is 22.1. The van der Waals surface area contributed by atoms with E-state index in [0.717, 1.165) is 11.4 Å². The lowest BCUT2D eigenvalue weighted by Crippen LogP contribution is -2.30. The molecule has 0 unspecified atom stereocenters. The monoisotopic (exact) mass is 421 g/mol. The van der Waals surface area contributed by atoms with Crippen molar-refractivity contribution in [2.24, 2.45) is 0 Å². The van der Waals surface area contributed by atoms with Crippen molar-refractivity contribution in [3.05, 3.63) is 76.9 Å². The first-order valence-electron chi connectivity index (χ1n) is 10.3. The van der Waals surface area contributed by atoms with Gasteiger partial charge in [-0.2, -0.15) is 5.10 Å². The van der Waals surface area contributed by atoms with E-state index in [9.17, 15) is 9.59 Å². The van der Waals surface area contributed by atoms with E-state index in [0.29, 0.717) is 37.5 Å². The molecule has 0 aliphatic rings. The Balaban J connectivity index is 1.39. The zero-order valence-corrected chi connectivity index (χ0v) is 17.8. The van der Waals surface area contributed by atoms with Gasteiger partial charge in [0.1, 0.15) is 5.82 Å². The van der Waals surface area contributed by atoms with Gasteiger partial charge in [0.15, 0.2) is 5.82 Å². The Labute approximate surface area is 181 Å². The summed E-state index contributed by atoms with van der Waals surface area (Å²) in [5.41, 5.74) is 3.86. The minimum atomic E-state index is -0.312. The second kappa shape index (κ2) is 10.9. The number of aryl methyl sites for hydroxylation is 1. The molecule has 2 amide bonds. The molecular formula is C23H27N5O3. The van der Waals surface area contributed by atoms with Crippen LogP contribution >= 0.6 is 0 Å². The molecule has 0 radical (unpaired) electrons. The van der Waals surface area contributed by atoms with Crippen molar-refractivity contribution in [3.8, 4) is 0 Å². The van der Waals surface area contributed by atoms with Gasteiger partial charge in [-0.05, 0) is 37.1 Å². The molecule has 0 aliphatic carbocycles. The maximum atomic E-state index is 12.1. The maximum Gasteiger partial charge on any atom is 0.319 e. The van der Waals surface area contributed by atoms with Crippen LogP contribution in [0.1, 0.15) is 35.3 Å². The Morgan fingerprint density at radius 3 is 2.45 bits per heavy atom. The molecule has 0 bridgehead atoms. The first-order chi connectivity index (χ1) is 15.0. The Hall–Kier alpha value is -3.68. The second-order valence-electron chi connectivity index (χ2n) is 7.17. The molecule has 0 atom stereocenters. The van der Waals surface area contributed by atoms with Crippen molar-refractivity contribution in [1.82, 2.24) is 20.5 Å². The summed E-state index contributed by atoms with van der Waals surface area (Å²) in [6.45, 7) is 4.60. The molecule has 162 valence electrons. The number of nitrogens with one attached hydrogen (secondary N) is 3. The Morgan fingerprint density at radius 1 is 1.03 bits per heavy atom. The van der Waals surface area contributed by atoms with Crippen LogP contribution in [0, 0.1) is 6.92 Å². The summed E-state index contributed by atoms with van der Waals surface area (Å²) in [6, 6.07) is 15.1. The highest BCUT2D eigenvalue weighted by Gasteiger charge is 2.07. The average Bonchev–Trinajstić information content (AvgIpc) is 3.18. The Kier molecular flexibility index (Phi) is 7.75. The fraction of sp³-hybridized carbons (Fsp3) is 0.304. The number of hydrogen-bond acceptors (Lipinski definition) is 5. The predicted molar refractivity (Wildman–Crippen MR) is 118 cm³/mol. The molecule has 3 N–H and O–H groups in total. The predicted octanol–water partition coefficient (Wildman–Crippen LogP) is 3.17. The fourth-order valence-corrected chi connectivity index (χ4v) is 2.97. The zero-order valence-electron chi connectivity index (χ0n) is 17.8. The molecule has 3 rings (SSSR count). The molecule has 1 aromatic heterocycles. The lowest BCUT2D eigenvalue weighted by molar-refractivity contribution is -0.142. The van der Waals surface area contributed by atoms with Crippen molar-refractivity contribution >= 4 is 17.7 Å². The van der Waals surface area contributed by atoms with Gasteiger partial charge in [0, 0.05) is 25.1 Å². The number of rotatable bonds is 9. The van der Waals surface area contributed by atoms with Gasteiger partial charge in [0.25, 0.3) is 0 Å². The van der Waals surface area contributed by atoms with E-state index in [1.165, 1.54) is 11.1 Å². The number of esters is 1. The number of H-pyrrole nitrogens is 1. The Bertz CT molecular complexity index is 997. The average molecular weight is 422 g/mol. The summed E-state index contributed by atoms with van der Waals surface area (Å²) in [7, 11) is 0. The third kappa shape index (κ3) is 7.26. The van der Waals surface area contributed by atoms with Gasteiger partial charge >= 0.3 is 12.0 Å².